The molecule has 0 spiro atoms. The number of hydrogen-bond acceptors (Lipinski definition) is 6. The summed E-state index contributed by atoms with van der Waals surface area (Å²) in [6, 6.07) is 7.53. The molecule has 0 saturated heterocycles. The summed E-state index contributed by atoms with van der Waals surface area (Å²) in [5.74, 6) is -3.00. The fraction of sp³-hybridized carbons (Fsp3) is 0.250. The Balaban J connectivity index is 1.92. The predicted octanol–water partition coefficient (Wildman–Crippen LogP) is 4.31. The molecule has 2 atom stereocenters. The van der Waals surface area contributed by atoms with Gasteiger partial charge in [-0.2, -0.15) is 0 Å². The Hall–Kier alpha value is -2.85. The molecule has 0 fully saturated rings. The fourth-order valence-electron chi connectivity index (χ4n) is 3.00. The number of alkyl halides is 1. The highest BCUT2D eigenvalue weighted by atomic mass is 35.5. The highest BCUT2D eigenvalue weighted by Crippen LogP contribution is 2.30. The largest absolute Gasteiger partial charge is 0.384 e. The number of sulfone groups is 1. The molecular weight excluding hydrogens is 448 g/mol. The zero-order valence-corrected chi connectivity index (χ0v) is 18.2. The smallest absolute Gasteiger partial charge is 0.263 e. The first kappa shape index (κ1) is 22.8. The van der Waals surface area contributed by atoms with Crippen LogP contribution in [0.3, 0.4) is 0 Å². The van der Waals surface area contributed by atoms with E-state index >= 15 is 0 Å². The molecule has 1 aromatic carbocycles. The Kier molecular flexibility index (Phi) is 6.15. The minimum atomic E-state index is -4.47. The van der Waals surface area contributed by atoms with Gasteiger partial charge in [0.25, 0.3) is 5.00 Å². The van der Waals surface area contributed by atoms with Crippen molar-refractivity contribution in [2.75, 3.05) is 11.1 Å². The molecule has 3 aromatic rings. The van der Waals surface area contributed by atoms with Gasteiger partial charge in [-0.25, -0.2) is 22.2 Å². The maximum Gasteiger partial charge on any atom is 0.263 e. The molecule has 11 heteroatoms. The van der Waals surface area contributed by atoms with Crippen LogP contribution in [0.1, 0.15) is 25.3 Å². The summed E-state index contributed by atoms with van der Waals surface area (Å²) in [7, 11) is -4.47. The van der Waals surface area contributed by atoms with Gasteiger partial charge in [0.15, 0.2) is 15.7 Å². The topological polar surface area (TPSA) is 122 Å². The van der Waals surface area contributed by atoms with Crippen molar-refractivity contribution >= 4 is 49.7 Å². The SMILES string of the molecule is C[C@H](CS(=O)(=O)[C@@](C)(F)C(=N)N)c1cc(Nc2nccc3cc(Cl)cnc23)ccc1F. The Morgan fingerprint density at radius 3 is 2.71 bits per heavy atom. The average Bonchev–Trinajstić information content (AvgIpc) is 2.68. The normalized spacial score (nSPS) is 14.7. The summed E-state index contributed by atoms with van der Waals surface area (Å²) in [4.78, 5) is 8.51. The van der Waals surface area contributed by atoms with Gasteiger partial charge in [-0.3, -0.25) is 10.4 Å². The first-order chi connectivity index (χ1) is 14.4. The quantitative estimate of drug-likeness (QED) is 0.351. The van der Waals surface area contributed by atoms with E-state index in [0.29, 0.717) is 29.0 Å². The van der Waals surface area contributed by atoms with E-state index in [4.69, 9.17) is 22.7 Å². The minimum absolute atomic E-state index is 0.0594. The van der Waals surface area contributed by atoms with E-state index in [0.717, 1.165) is 5.39 Å². The summed E-state index contributed by atoms with van der Waals surface area (Å²) in [6.07, 6.45) is 3.04. The van der Waals surface area contributed by atoms with Gasteiger partial charge in [-0.15, -0.1) is 0 Å². The third kappa shape index (κ3) is 4.59. The van der Waals surface area contributed by atoms with Gasteiger partial charge >= 0.3 is 0 Å². The van der Waals surface area contributed by atoms with E-state index in [2.05, 4.69) is 15.3 Å². The second-order valence-corrected chi connectivity index (χ2v) is 10.0. The summed E-state index contributed by atoms with van der Waals surface area (Å²) in [5.41, 5.74) is 6.13. The number of pyridine rings is 2. The van der Waals surface area contributed by atoms with Gasteiger partial charge in [-0.05, 0) is 48.7 Å². The minimum Gasteiger partial charge on any atom is -0.384 e. The number of halogens is 3. The Labute approximate surface area is 183 Å². The highest BCUT2D eigenvalue weighted by molar-refractivity contribution is 7.93. The molecule has 0 unspecified atom stereocenters. The average molecular weight is 468 g/mol. The lowest BCUT2D eigenvalue weighted by Crippen LogP contribution is -2.45. The van der Waals surface area contributed by atoms with Crippen molar-refractivity contribution in [2.24, 2.45) is 5.73 Å². The zero-order valence-electron chi connectivity index (χ0n) is 16.7. The van der Waals surface area contributed by atoms with Crippen molar-refractivity contribution in [3.8, 4) is 0 Å². The lowest BCUT2D eigenvalue weighted by molar-refractivity contribution is 0.375. The van der Waals surface area contributed by atoms with Gasteiger partial charge in [0.2, 0.25) is 0 Å². The van der Waals surface area contributed by atoms with Crippen LogP contribution in [-0.4, -0.2) is 35.0 Å². The molecule has 0 radical (unpaired) electrons. The number of nitrogens with two attached hydrogens (primary N) is 1. The summed E-state index contributed by atoms with van der Waals surface area (Å²) >= 11 is 5.97. The Morgan fingerprint density at radius 1 is 1.32 bits per heavy atom. The number of nitrogens with zero attached hydrogens (tertiary/aromatic N) is 2. The van der Waals surface area contributed by atoms with Crippen molar-refractivity contribution in [1.82, 2.24) is 9.97 Å². The molecule has 3 rings (SSSR count). The van der Waals surface area contributed by atoms with E-state index in [9.17, 15) is 17.2 Å². The second-order valence-electron chi connectivity index (χ2n) is 7.26. The van der Waals surface area contributed by atoms with Gasteiger partial charge in [-0.1, -0.05) is 18.5 Å². The van der Waals surface area contributed by atoms with E-state index in [1.807, 2.05) is 0 Å². The number of aromatic nitrogens is 2. The lowest BCUT2D eigenvalue weighted by atomic mass is 10.0. The molecule has 2 aromatic heterocycles. The van der Waals surface area contributed by atoms with E-state index in [-0.39, 0.29) is 5.56 Å². The number of nitrogens with one attached hydrogen (secondary N) is 2. The second kappa shape index (κ2) is 8.35. The molecule has 0 aliphatic carbocycles. The molecule has 164 valence electrons. The van der Waals surface area contributed by atoms with Crippen LogP contribution in [0.25, 0.3) is 10.9 Å². The van der Waals surface area contributed by atoms with E-state index < -0.39 is 38.2 Å². The molecule has 0 amide bonds. The van der Waals surface area contributed by atoms with Crippen LogP contribution < -0.4 is 11.1 Å². The molecule has 31 heavy (non-hydrogen) atoms. The third-order valence-corrected chi connectivity index (χ3v) is 7.42. The van der Waals surface area contributed by atoms with Crippen molar-refractivity contribution < 1.29 is 17.2 Å². The molecule has 4 N–H and O–H groups in total. The van der Waals surface area contributed by atoms with Crippen molar-refractivity contribution in [3.63, 3.8) is 0 Å². The van der Waals surface area contributed by atoms with Crippen LogP contribution in [0.15, 0.2) is 42.7 Å². The summed E-state index contributed by atoms with van der Waals surface area (Å²) < 4.78 is 53.7. The maximum absolute atomic E-state index is 14.5. The van der Waals surface area contributed by atoms with Gasteiger partial charge in [0.05, 0.1) is 10.8 Å². The number of anilines is 2. The Morgan fingerprint density at radius 2 is 2.03 bits per heavy atom. The first-order valence-corrected chi connectivity index (χ1v) is 11.2. The molecule has 0 aliphatic heterocycles. The van der Waals surface area contributed by atoms with Crippen LogP contribution in [0.5, 0.6) is 0 Å². The van der Waals surface area contributed by atoms with Gasteiger partial charge in [0.1, 0.15) is 17.2 Å². The molecule has 0 saturated carbocycles. The van der Waals surface area contributed by atoms with E-state index in [1.165, 1.54) is 31.3 Å². The number of hydrogen-bond donors (Lipinski definition) is 3. The third-order valence-electron chi connectivity index (χ3n) is 4.89. The molecule has 0 bridgehead atoms. The number of benzene rings is 1. The van der Waals surface area contributed by atoms with Gasteiger partial charge in [0, 0.05) is 23.5 Å². The number of amidine groups is 1. The number of fused-ring (bicyclic) bond motifs is 1. The van der Waals surface area contributed by atoms with Crippen molar-refractivity contribution in [2.45, 2.75) is 24.8 Å². The zero-order chi connectivity index (χ0) is 23.0. The molecular formula is C20H20ClF2N5O2S. The predicted molar refractivity (Wildman–Crippen MR) is 118 cm³/mol. The van der Waals surface area contributed by atoms with Crippen LogP contribution in [-0.2, 0) is 9.84 Å². The molecule has 0 aliphatic rings. The van der Waals surface area contributed by atoms with E-state index in [1.54, 1.807) is 18.3 Å². The van der Waals surface area contributed by atoms with Crippen LogP contribution in [0.2, 0.25) is 5.02 Å². The fourth-order valence-corrected chi connectivity index (χ4v) is 4.66. The van der Waals surface area contributed by atoms with Crippen LogP contribution >= 0.6 is 11.6 Å². The maximum atomic E-state index is 14.5. The summed E-state index contributed by atoms with van der Waals surface area (Å²) in [5, 5.41) is 8.42. The highest BCUT2D eigenvalue weighted by Gasteiger charge is 2.43. The molecule has 7 nitrogen and oxygen atoms in total. The first-order valence-electron chi connectivity index (χ1n) is 9.15. The van der Waals surface area contributed by atoms with Crippen LogP contribution in [0, 0.1) is 11.2 Å². The van der Waals surface area contributed by atoms with Crippen molar-refractivity contribution in [1.29, 1.82) is 5.41 Å². The van der Waals surface area contributed by atoms with Gasteiger partial charge < -0.3 is 11.1 Å². The molecule has 2 heterocycles. The van der Waals surface area contributed by atoms with Crippen molar-refractivity contribution in [3.05, 3.63) is 59.1 Å². The standard InChI is InChI=1S/C20H20ClF2N5O2S/c1-11(10-31(29,30)20(2,23)19(24)25)15-8-14(3-4-16(15)22)28-18-17-12(5-6-26-18)7-13(21)9-27-17/h3-9,11H,10H2,1-2H3,(H3,24,25)(H,26,28)/t11-,20-/m1/s1. The van der Waals surface area contributed by atoms with Crippen LogP contribution in [0.4, 0.5) is 20.3 Å². The number of rotatable bonds is 7. The monoisotopic (exact) mass is 467 g/mol. The lowest BCUT2D eigenvalue weighted by Gasteiger charge is -2.22. The Bertz CT molecular complexity index is 1270. The summed E-state index contributed by atoms with van der Waals surface area (Å²) in [6.45, 7) is 2.16.